The van der Waals surface area contributed by atoms with E-state index in [1.165, 1.54) is 18.2 Å². The van der Waals surface area contributed by atoms with E-state index in [0.717, 1.165) is 43.4 Å². The monoisotopic (exact) mass is 442 g/mol. The van der Waals surface area contributed by atoms with Gasteiger partial charge in [-0.15, -0.1) is 10.2 Å². The van der Waals surface area contributed by atoms with E-state index in [-0.39, 0.29) is 0 Å². The highest BCUT2D eigenvalue weighted by atomic mass is 19.4. The van der Waals surface area contributed by atoms with E-state index >= 15 is 0 Å². The van der Waals surface area contributed by atoms with Crippen molar-refractivity contribution >= 4 is 17.4 Å². The van der Waals surface area contributed by atoms with E-state index in [1.54, 1.807) is 18.2 Å². The van der Waals surface area contributed by atoms with Crippen molar-refractivity contribution in [2.45, 2.75) is 19.0 Å². The molecule has 0 saturated carbocycles. The zero-order valence-corrected chi connectivity index (χ0v) is 17.1. The van der Waals surface area contributed by atoms with Crippen LogP contribution in [0.25, 0.3) is 11.3 Å². The van der Waals surface area contributed by atoms with Crippen molar-refractivity contribution in [1.29, 1.82) is 0 Å². The number of halogens is 3. The maximum Gasteiger partial charge on any atom is 0.419 e. The Balaban J connectivity index is 1.39. The number of rotatable bonds is 6. The van der Waals surface area contributed by atoms with Gasteiger partial charge in [-0.3, -0.25) is 4.79 Å². The number of para-hydroxylation sites is 1. The highest BCUT2D eigenvalue weighted by Crippen LogP contribution is 2.35. The molecule has 1 amide bonds. The molecule has 1 aliphatic heterocycles. The predicted molar refractivity (Wildman–Crippen MR) is 114 cm³/mol. The van der Waals surface area contributed by atoms with E-state index in [0.29, 0.717) is 11.4 Å². The number of amides is 1. The van der Waals surface area contributed by atoms with Gasteiger partial charge in [0.1, 0.15) is 5.75 Å². The van der Waals surface area contributed by atoms with E-state index < -0.39 is 30.0 Å². The summed E-state index contributed by atoms with van der Waals surface area (Å²) in [6, 6.07) is 15.6. The molecule has 166 valence electrons. The second-order valence-electron chi connectivity index (χ2n) is 7.38. The quantitative estimate of drug-likeness (QED) is 0.595. The standard InChI is InChI=1S/C23H21F3N4O2/c24-23(25,26)18-8-1-2-9-20(18)32-15-22(31)27-17-7-5-6-16(14-17)19-10-11-21(29-28-19)30-12-3-4-13-30/h1-2,5-11,14H,3-4,12-13,15H2,(H,27,31). The first-order chi connectivity index (χ1) is 15.4. The van der Waals surface area contributed by atoms with Crippen LogP contribution in [0.2, 0.25) is 0 Å². The third kappa shape index (κ3) is 5.16. The molecular formula is C23H21F3N4O2. The lowest BCUT2D eigenvalue weighted by atomic mass is 10.1. The Labute approximate surface area is 183 Å². The predicted octanol–water partition coefficient (Wildman–Crippen LogP) is 4.78. The molecule has 1 N–H and O–H groups in total. The van der Waals surface area contributed by atoms with Crippen LogP contribution in [0.3, 0.4) is 0 Å². The Morgan fingerprint density at radius 1 is 1.00 bits per heavy atom. The van der Waals surface area contributed by atoms with Crippen molar-refractivity contribution in [2.75, 3.05) is 29.9 Å². The summed E-state index contributed by atoms with van der Waals surface area (Å²) in [6.07, 6.45) is -2.26. The molecule has 0 atom stereocenters. The van der Waals surface area contributed by atoms with Gasteiger partial charge < -0.3 is 15.0 Å². The molecule has 1 aromatic heterocycles. The summed E-state index contributed by atoms with van der Waals surface area (Å²) in [6.45, 7) is 1.40. The van der Waals surface area contributed by atoms with Gasteiger partial charge >= 0.3 is 6.18 Å². The summed E-state index contributed by atoms with van der Waals surface area (Å²) in [5.41, 5.74) is 0.961. The van der Waals surface area contributed by atoms with Crippen LogP contribution >= 0.6 is 0 Å². The molecule has 0 radical (unpaired) electrons. The molecular weight excluding hydrogens is 421 g/mol. The fraction of sp³-hybridized carbons (Fsp3) is 0.261. The number of nitrogens with zero attached hydrogens (tertiary/aromatic N) is 3. The third-order valence-corrected chi connectivity index (χ3v) is 5.07. The topological polar surface area (TPSA) is 67.3 Å². The molecule has 3 aromatic rings. The van der Waals surface area contributed by atoms with Gasteiger partial charge in [0, 0.05) is 24.3 Å². The summed E-state index contributed by atoms with van der Waals surface area (Å²) in [7, 11) is 0. The van der Waals surface area contributed by atoms with Crippen LogP contribution in [0, 0.1) is 0 Å². The Morgan fingerprint density at radius 2 is 1.78 bits per heavy atom. The third-order valence-electron chi connectivity index (χ3n) is 5.07. The van der Waals surface area contributed by atoms with E-state index in [4.69, 9.17) is 4.74 Å². The first-order valence-corrected chi connectivity index (χ1v) is 10.2. The summed E-state index contributed by atoms with van der Waals surface area (Å²) in [5.74, 6) is -0.126. The first-order valence-electron chi connectivity index (χ1n) is 10.2. The lowest BCUT2D eigenvalue weighted by Crippen LogP contribution is -2.21. The van der Waals surface area contributed by atoms with Crippen LogP contribution in [0.4, 0.5) is 24.7 Å². The summed E-state index contributed by atoms with van der Waals surface area (Å²) >= 11 is 0. The van der Waals surface area contributed by atoms with Gasteiger partial charge in [-0.1, -0.05) is 24.3 Å². The van der Waals surface area contributed by atoms with Crippen LogP contribution < -0.4 is 15.0 Å². The minimum Gasteiger partial charge on any atom is -0.483 e. The lowest BCUT2D eigenvalue weighted by Gasteiger charge is -2.15. The summed E-state index contributed by atoms with van der Waals surface area (Å²) in [4.78, 5) is 14.4. The van der Waals surface area contributed by atoms with Crippen LogP contribution in [0.1, 0.15) is 18.4 Å². The molecule has 9 heteroatoms. The molecule has 4 rings (SSSR count). The minimum absolute atomic E-state index is 0.391. The number of hydrogen-bond acceptors (Lipinski definition) is 5. The molecule has 0 unspecified atom stereocenters. The second kappa shape index (κ2) is 9.25. The molecule has 0 aliphatic carbocycles. The summed E-state index contributed by atoms with van der Waals surface area (Å²) in [5, 5.41) is 11.2. The number of aromatic nitrogens is 2. The zero-order chi connectivity index (χ0) is 22.6. The highest BCUT2D eigenvalue weighted by molar-refractivity contribution is 5.92. The van der Waals surface area contributed by atoms with E-state index in [1.807, 2.05) is 18.2 Å². The van der Waals surface area contributed by atoms with Gasteiger partial charge in [-0.05, 0) is 49.2 Å². The van der Waals surface area contributed by atoms with Gasteiger partial charge in [0.05, 0.1) is 11.3 Å². The number of carbonyl (C=O) groups is 1. The largest absolute Gasteiger partial charge is 0.483 e. The maximum absolute atomic E-state index is 13.0. The molecule has 1 aliphatic rings. The number of alkyl halides is 3. The van der Waals surface area contributed by atoms with Crippen molar-refractivity contribution in [2.24, 2.45) is 0 Å². The van der Waals surface area contributed by atoms with E-state index in [2.05, 4.69) is 20.4 Å². The Hall–Kier alpha value is -3.62. The van der Waals surface area contributed by atoms with Crippen LogP contribution in [-0.4, -0.2) is 35.8 Å². The molecule has 2 aromatic carbocycles. The number of carbonyl (C=O) groups excluding carboxylic acids is 1. The molecule has 32 heavy (non-hydrogen) atoms. The average molecular weight is 442 g/mol. The number of anilines is 2. The Bertz CT molecular complexity index is 1080. The zero-order valence-electron chi connectivity index (χ0n) is 17.1. The molecule has 0 bridgehead atoms. The van der Waals surface area contributed by atoms with Crippen LogP contribution in [0.15, 0.2) is 60.7 Å². The molecule has 6 nitrogen and oxygen atoms in total. The lowest BCUT2D eigenvalue weighted by molar-refractivity contribution is -0.139. The molecule has 1 fully saturated rings. The number of hydrogen-bond donors (Lipinski definition) is 1. The van der Waals surface area contributed by atoms with Crippen LogP contribution in [0.5, 0.6) is 5.75 Å². The van der Waals surface area contributed by atoms with Gasteiger partial charge in [0.2, 0.25) is 0 Å². The van der Waals surface area contributed by atoms with Crippen molar-refractivity contribution < 1.29 is 22.7 Å². The number of ether oxygens (including phenoxy) is 1. The van der Waals surface area contributed by atoms with E-state index in [9.17, 15) is 18.0 Å². The second-order valence-corrected chi connectivity index (χ2v) is 7.38. The van der Waals surface area contributed by atoms with Gasteiger partial charge in [-0.25, -0.2) is 0 Å². The molecule has 0 spiro atoms. The summed E-state index contributed by atoms with van der Waals surface area (Å²) < 4.78 is 44.2. The minimum atomic E-state index is -4.56. The highest BCUT2D eigenvalue weighted by Gasteiger charge is 2.34. The average Bonchev–Trinajstić information content (AvgIpc) is 3.33. The normalized spacial score (nSPS) is 13.8. The number of benzene rings is 2. The van der Waals surface area contributed by atoms with Gasteiger partial charge in [0.25, 0.3) is 5.91 Å². The van der Waals surface area contributed by atoms with Crippen molar-refractivity contribution in [1.82, 2.24) is 10.2 Å². The van der Waals surface area contributed by atoms with Crippen molar-refractivity contribution in [3.8, 4) is 17.0 Å². The van der Waals surface area contributed by atoms with Gasteiger partial charge in [0.15, 0.2) is 12.4 Å². The fourth-order valence-corrected chi connectivity index (χ4v) is 3.52. The fourth-order valence-electron chi connectivity index (χ4n) is 3.52. The van der Waals surface area contributed by atoms with Crippen LogP contribution in [-0.2, 0) is 11.0 Å². The SMILES string of the molecule is O=C(COc1ccccc1C(F)(F)F)Nc1cccc(-c2ccc(N3CCCC3)nn2)c1. The first kappa shape index (κ1) is 21.6. The Kier molecular flexibility index (Phi) is 6.25. The number of nitrogens with one attached hydrogen (secondary N) is 1. The molecule has 2 heterocycles. The maximum atomic E-state index is 13.0. The Morgan fingerprint density at radius 3 is 2.50 bits per heavy atom. The van der Waals surface area contributed by atoms with Crippen molar-refractivity contribution in [3.05, 3.63) is 66.2 Å². The van der Waals surface area contributed by atoms with Gasteiger partial charge in [-0.2, -0.15) is 13.2 Å². The molecule has 1 saturated heterocycles. The van der Waals surface area contributed by atoms with Crippen molar-refractivity contribution in [3.63, 3.8) is 0 Å². The smallest absolute Gasteiger partial charge is 0.419 e.